The Morgan fingerprint density at radius 2 is 2.00 bits per heavy atom. The number of hydrogen-bond donors (Lipinski definition) is 0. The fraction of sp³-hybridized carbons (Fsp3) is 0.500. The summed E-state index contributed by atoms with van der Waals surface area (Å²) >= 11 is 7.96. The van der Waals surface area contributed by atoms with Crippen molar-refractivity contribution in [1.29, 1.82) is 0 Å². The summed E-state index contributed by atoms with van der Waals surface area (Å²) < 4.78 is 26.8. The van der Waals surface area contributed by atoms with Gasteiger partial charge < -0.3 is 4.90 Å². The van der Waals surface area contributed by atoms with E-state index in [1.807, 2.05) is 11.0 Å². The number of hydrogen-bond acceptors (Lipinski definition) is 2. The van der Waals surface area contributed by atoms with Gasteiger partial charge in [-0.2, -0.15) is 0 Å². The molecule has 1 fully saturated rings. The lowest BCUT2D eigenvalue weighted by molar-refractivity contribution is -0.0221. The summed E-state index contributed by atoms with van der Waals surface area (Å²) in [6.07, 6.45) is 1.35. The molecule has 0 aliphatic carbocycles. The molecule has 16 heavy (non-hydrogen) atoms. The number of piperidine rings is 1. The van der Waals surface area contributed by atoms with Crippen molar-refractivity contribution < 1.29 is 8.78 Å². The SMILES string of the molecule is FC1(F)CCN(c2cc(I)c(Cl)cn2)CC1. The smallest absolute Gasteiger partial charge is 0.251 e. The first-order valence-electron chi connectivity index (χ1n) is 4.92. The van der Waals surface area contributed by atoms with Crippen LogP contribution in [-0.2, 0) is 0 Å². The maximum atomic E-state index is 13.0. The van der Waals surface area contributed by atoms with E-state index in [-0.39, 0.29) is 12.8 Å². The van der Waals surface area contributed by atoms with Gasteiger partial charge in [-0.25, -0.2) is 13.8 Å². The second kappa shape index (κ2) is 4.60. The molecular weight excluding hydrogens is 348 g/mol. The molecule has 0 radical (unpaired) electrons. The normalized spacial score (nSPS) is 19.9. The molecule has 0 N–H and O–H groups in total. The van der Waals surface area contributed by atoms with Crippen molar-refractivity contribution in [2.24, 2.45) is 0 Å². The zero-order valence-electron chi connectivity index (χ0n) is 8.39. The van der Waals surface area contributed by atoms with Crippen molar-refractivity contribution >= 4 is 40.0 Å². The quantitative estimate of drug-likeness (QED) is 0.714. The minimum absolute atomic E-state index is 0.103. The molecule has 1 aromatic heterocycles. The van der Waals surface area contributed by atoms with Crippen molar-refractivity contribution in [2.75, 3.05) is 18.0 Å². The van der Waals surface area contributed by atoms with E-state index in [1.54, 1.807) is 6.20 Å². The average molecular weight is 359 g/mol. The number of pyridine rings is 1. The van der Waals surface area contributed by atoms with E-state index in [4.69, 9.17) is 11.6 Å². The molecule has 1 aromatic rings. The van der Waals surface area contributed by atoms with E-state index < -0.39 is 5.92 Å². The number of anilines is 1. The molecule has 0 aromatic carbocycles. The van der Waals surface area contributed by atoms with E-state index in [9.17, 15) is 8.78 Å². The van der Waals surface area contributed by atoms with Crippen LogP contribution >= 0.6 is 34.2 Å². The van der Waals surface area contributed by atoms with Crippen LogP contribution in [0.5, 0.6) is 0 Å². The first kappa shape index (κ1) is 12.3. The second-order valence-electron chi connectivity index (χ2n) is 3.80. The Balaban J connectivity index is 2.11. The zero-order valence-corrected chi connectivity index (χ0v) is 11.3. The average Bonchev–Trinajstić information content (AvgIpc) is 2.22. The predicted octanol–water partition coefficient (Wildman–Crippen LogP) is 3.58. The van der Waals surface area contributed by atoms with Gasteiger partial charge in [-0.05, 0) is 28.7 Å². The molecule has 2 heterocycles. The third kappa shape index (κ3) is 2.74. The van der Waals surface area contributed by atoms with E-state index in [0.717, 1.165) is 9.39 Å². The fourth-order valence-corrected chi connectivity index (χ4v) is 2.16. The van der Waals surface area contributed by atoms with Crippen LogP contribution in [0, 0.1) is 3.57 Å². The maximum Gasteiger partial charge on any atom is 0.251 e. The highest BCUT2D eigenvalue weighted by Crippen LogP contribution is 2.30. The van der Waals surface area contributed by atoms with Gasteiger partial charge in [0.05, 0.1) is 5.02 Å². The van der Waals surface area contributed by atoms with Crippen LogP contribution in [0.3, 0.4) is 0 Å². The predicted molar refractivity (Wildman–Crippen MR) is 68.4 cm³/mol. The Kier molecular flexibility index (Phi) is 3.53. The van der Waals surface area contributed by atoms with Gasteiger partial charge in [-0.15, -0.1) is 0 Å². The summed E-state index contributed by atoms with van der Waals surface area (Å²) in [6.45, 7) is 0.690. The molecule has 0 bridgehead atoms. The van der Waals surface area contributed by atoms with Crippen LogP contribution in [0.1, 0.15) is 12.8 Å². The molecule has 88 valence electrons. The molecule has 0 amide bonds. The van der Waals surface area contributed by atoms with Crippen molar-refractivity contribution in [3.8, 4) is 0 Å². The summed E-state index contributed by atoms with van der Waals surface area (Å²) in [7, 11) is 0. The van der Waals surface area contributed by atoms with Crippen LogP contribution < -0.4 is 4.90 Å². The Labute approximate surface area is 111 Å². The van der Waals surface area contributed by atoms with Crippen molar-refractivity contribution in [1.82, 2.24) is 4.98 Å². The van der Waals surface area contributed by atoms with E-state index in [1.165, 1.54) is 0 Å². The van der Waals surface area contributed by atoms with Gasteiger partial charge in [-0.1, -0.05) is 11.6 Å². The van der Waals surface area contributed by atoms with Gasteiger partial charge in [0.15, 0.2) is 0 Å². The van der Waals surface area contributed by atoms with Crippen LogP contribution in [0.2, 0.25) is 5.02 Å². The third-order valence-corrected chi connectivity index (χ3v) is 4.13. The Morgan fingerprint density at radius 1 is 1.38 bits per heavy atom. The molecule has 2 rings (SSSR count). The lowest BCUT2D eigenvalue weighted by Crippen LogP contribution is -2.39. The molecule has 0 unspecified atom stereocenters. The molecule has 6 heteroatoms. The molecule has 2 nitrogen and oxygen atoms in total. The van der Waals surface area contributed by atoms with Crippen molar-refractivity contribution in [3.05, 3.63) is 20.9 Å². The van der Waals surface area contributed by atoms with Crippen LogP contribution in [0.4, 0.5) is 14.6 Å². The Bertz CT molecular complexity index is 390. The fourth-order valence-electron chi connectivity index (χ4n) is 1.64. The largest absolute Gasteiger partial charge is 0.356 e. The topological polar surface area (TPSA) is 16.1 Å². The number of aromatic nitrogens is 1. The van der Waals surface area contributed by atoms with Crippen molar-refractivity contribution in [3.63, 3.8) is 0 Å². The van der Waals surface area contributed by atoms with Gasteiger partial charge in [0, 0.05) is 35.7 Å². The summed E-state index contributed by atoms with van der Waals surface area (Å²) in [5.74, 6) is -1.79. The minimum Gasteiger partial charge on any atom is -0.356 e. The molecule has 0 saturated carbocycles. The molecule has 1 aliphatic rings. The monoisotopic (exact) mass is 358 g/mol. The van der Waals surface area contributed by atoms with Gasteiger partial charge in [0.2, 0.25) is 0 Å². The van der Waals surface area contributed by atoms with E-state index in [0.29, 0.717) is 18.1 Å². The Morgan fingerprint density at radius 3 is 2.56 bits per heavy atom. The van der Waals surface area contributed by atoms with Gasteiger partial charge in [-0.3, -0.25) is 0 Å². The molecule has 0 atom stereocenters. The molecule has 1 aliphatic heterocycles. The highest BCUT2D eigenvalue weighted by molar-refractivity contribution is 14.1. The zero-order chi connectivity index (χ0) is 11.8. The molecule has 1 saturated heterocycles. The van der Waals surface area contributed by atoms with Gasteiger partial charge in [0.1, 0.15) is 5.82 Å². The standard InChI is InChI=1S/C10H10ClF2IN2/c11-7-6-15-9(5-8(7)14)16-3-1-10(12,13)2-4-16/h5-6H,1-4H2. The second-order valence-corrected chi connectivity index (χ2v) is 5.37. The lowest BCUT2D eigenvalue weighted by atomic mass is 10.1. The number of halogens is 4. The minimum atomic E-state index is -2.52. The first-order valence-corrected chi connectivity index (χ1v) is 6.37. The van der Waals surface area contributed by atoms with Crippen molar-refractivity contribution in [2.45, 2.75) is 18.8 Å². The van der Waals surface area contributed by atoms with Crippen LogP contribution in [0.15, 0.2) is 12.3 Å². The van der Waals surface area contributed by atoms with Crippen LogP contribution in [-0.4, -0.2) is 24.0 Å². The number of rotatable bonds is 1. The summed E-state index contributed by atoms with van der Waals surface area (Å²) in [6, 6.07) is 1.83. The summed E-state index contributed by atoms with van der Waals surface area (Å²) in [5.41, 5.74) is 0. The third-order valence-electron chi connectivity index (χ3n) is 2.61. The summed E-state index contributed by atoms with van der Waals surface area (Å²) in [4.78, 5) is 6.03. The van der Waals surface area contributed by atoms with Gasteiger partial charge in [0.25, 0.3) is 5.92 Å². The molecular formula is C10H10ClF2IN2. The maximum absolute atomic E-state index is 13.0. The highest BCUT2D eigenvalue weighted by atomic mass is 127. The number of alkyl halides is 2. The first-order chi connectivity index (χ1) is 7.48. The van der Waals surface area contributed by atoms with Crippen LogP contribution in [0.25, 0.3) is 0 Å². The van der Waals surface area contributed by atoms with Gasteiger partial charge >= 0.3 is 0 Å². The highest BCUT2D eigenvalue weighted by Gasteiger charge is 2.34. The molecule has 0 spiro atoms. The van der Waals surface area contributed by atoms with E-state index >= 15 is 0 Å². The Hall–Kier alpha value is -0.170. The summed E-state index contributed by atoms with van der Waals surface area (Å²) in [5, 5.41) is 0.590. The lowest BCUT2D eigenvalue weighted by Gasteiger charge is -2.32. The van der Waals surface area contributed by atoms with E-state index in [2.05, 4.69) is 27.6 Å². The number of nitrogens with zero attached hydrogens (tertiary/aromatic N) is 2.